The lowest BCUT2D eigenvalue weighted by molar-refractivity contribution is 0.0693. The topological polar surface area (TPSA) is 74.8 Å². The summed E-state index contributed by atoms with van der Waals surface area (Å²) >= 11 is 3.25. The highest BCUT2D eigenvalue weighted by molar-refractivity contribution is 9.10. The standard InChI is InChI=1S/C9H7BrN2O3/c10-5-1-2-12-6(3-5)8(9(14)15)11-7(12)4-13/h1-3,13H,4H2,(H,14,15). The summed E-state index contributed by atoms with van der Waals surface area (Å²) in [4.78, 5) is 14.7. The molecule has 0 fully saturated rings. The van der Waals surface area contributed by atoms with Crippen molar-refractivity contribution >= 4 is 27.4 Å². The molecule has 0 aliphatic carbocycles. The molecule has 2 aromatic rings. The number of imidazole rings is 1. The summed E-state index contributed by atoms with van der Waals surface area (Å²) in [7, 11) is 0. The lowest BCUT2D eigenvalue weighted by atomic mass is 10.3. The molecular weight excluding hydrogens is 264 g/mol. The van der Waals surface area contributed by atoms with Crippen LogP contribution in [-0.2, 0) is 6.61 Å². The number of nitrogens with zero attached hydrogens (tertiary/aromatic N) is 2. The zero-order valence-electron chi connectivity index (χ0n) is 7.51. The van der Waals surface area contributed by atoms with Crippen molar-refractivity contribution in [1.29, 1.82) is 0 Å². The lowest BCUT2D eigenvalue weighted by Crippen LogP contribution is -1.97. The number of carbonyl (C=O) groups is 1. The number of aliphatic hydroxyl groups excluding tert-OH is 1. The Morgan fingerprint density at radius 1 is 1.60 bits per heavy atom. The van der Waals surface area contributed by atoms with Crippen molar-refractivity contribution in [2.75, 3.05) is 0 Å². The minimum Gasteiger partial charge on any atom is -0.476 e. The summed E-state index contributed by atoms with van der Waals surface area (Å²) in [6, 6.07) is 3.40. The summed E-state index contributed by atoms with van der Waals surface area (Å²) in [6.45, 7) is -0.296. The van der Waals surface area contributed by atoms with Crippen molar-refractivity contribution in [3.8, 4) is 0 Å². The fourth-order valence-electron chi connectivity index (χ4n) is 1.39. The summed E-state index contributed by atoms with van der Waals surface area (Å²) in [5, 5.41) is 17.9. The number of pyridine rings is 1. The second-order valence-corrected chi connectivity index (χ2v) is 3.86. The first-order valence-corrected chi connectivity index (χ1v) is 4.93. The SMILES string of the molecule is O=C(O)c1nc(CO)n2ccc(Br)cc12. The van der Waals surface area contributed by atoms with E-state index < -0.39 is 5.97 Å². The van der Waals surface area contributed by atoms with Gasteiger partial charge >= 0.3 is 5.97 Å². The Hall–Kier alpha value is -1.40. The molecule has 78 valence electrons. The van der Waals surface area contributed by atoms with E-state index in [2.05, 4.69) is 20.9 Å². The highest BCUT2D eigenvalue weighted by atomic mass is 79.9. The first-order valence-electron chi connectivity index (χ1n) is 4.14. The first-order chi connectivity index (χ1) is 7.13. The highest BCUT2D eigenvalue weighted by Crippen LogP contribution is 2.18. The average Bonchev–Trinajstić information content (AvgIpc) is 2.55. The van der Waals surface area contributed by atoms with Gasteiger partial charge in [-0.3, -0.25) is 0 Å². The van der Waals surface area contributed by atoms with Gasteiger partial charge in [0.1, 0.15) is 12.4 Å². The number of hydrogen-bond donors (Lipinski definition) is 2. The van der Waals surface area contributed by atoms with Gasteiger partial charge in [-0.05, 0) is 12.1 Å². The van der Waals surface area contributed by atoms with Crippen molar-refractivity contribution in [2.45, 2.75) is 6.61 Å². The Kier molecular flexibility index (Phi) is 2.45. The second-order valence-electron chi connectivity index (χ2n) is 2.94. The quantitative estimate of drug-likeness (QED) is 0.863. The van der Waals surface area contributed by atoms with Crippen LogP contribution in [0.1, 0.15) is 16.3 Å². The maximum atomic E-state index is 10.9. The molecular formula is C9H7BrN2O3. The minimum atomic E-state index is -1.11. The van der Waals surface area contributed by atoms with Gasteiger partial charge in [0.2, 0.25) is 0 Å². The van der Waals surface area contributed by atoms with Gasteiger partial charge in [0.25, 0.3) is 0 Å². The molecule has 15 heavy (non-hydrogen) atoms. The number of aliphatic hydroxyl groups is 1. The van der Waals surface area contributed by atoms with Crippen molar-refractivity contribution in [2.24, 2.45) is 0 Å². The van der Waals surface area contributed by atoms with Crippen LogP contribution >= 0.6 is 15.9 Å². The molecule has 0 atom stereocenters. The Morgan fingerprint density at radius 3 is 2.93 bits per heavy atom. The van der Waals surface area contributed by atoms with Crippen LogP contribution in [0.5, 0.6) is 0 Å². The number of rotatable bonds is 2. The molecule has 0 unspecified atom stereocenters. The van der Waals surface area contributed by atoms with Crippen LogP contribution in [0.3, 0.4) is 0 Å². The Bertz CT molecular complexity index is 535. The summed E-state index contributed by atoms with van der Waals surface area (Å²) in [6.07, 6.45) is 1.66. The Balaban J connectivity index is 2.81. The van der Waals surface area contributed by atoms with Gasteiger partial charge in [-0.15, -0.1) is 0 Å². The molecule has 0 bridgehead atoms. The molecule has 0 spiro atoms. The monoisotopic (exact) mass is 270 g/mol. The molecule has 0 aromatic carbocycles. The lowest BCUT2D eigenvalue weighted by Gasteiger charge is -1.97. The van der Waals surface area contributed by atoms with Crippen LogP contribution < -0.4 is 0 Å². The van der Waals surface area contributed by atoms with Crippen LogP contribution in [0.4, 0.5) is 0 Å². The molecule has 0 aliphatic rings. The van der Waals surface area contributed by atoms with Crippen molar-refractivity contribution in [3.63, 3.8) is 0 Å². The predicted molar refractivity (Wildman–Crippen MR) is 55.8 cm³/mol. The van der Waals surface area contributed by atoms with Gasteiger partial charge in [0.15, 0.2) is 5.69 Å². The number of halogens is 1. The zero-order valence-corrected chi connectivity index (χ0v) is 9.10. The largest absolute Gasteiger partial charge is 0.476 e. The normalized spacial score (nSPS) is 10.8. The van der Waals surface area contributed by atoms with Gasteiger partial charge in [-0.25, -0.2) is 9.78 Å². The average molecular weight is 271 g/mol. The molecule has 0 saturated carbocycles. The maximum absolute atomic E-state index is 10.9. The van der Waals surface area contributed by atoms with E-state index in [1.807, 2.05) is 0 Å². The van der Waals surface area contributed by atoms with Crippen molar-refractivity contribution in [1.82, 2.24) is 9.38 Å². The molecule has 0 aliphatic heterocycles. The van der Waals surface area contributed by atoms with Crippen LogP contribution in [0.25, 0.3) is 5.52 Å². The molecule has 2 rings (SSSR count). The van der Waals surface area contributed by atoms with Crippen LogP contribution in [0.2, 0.25) is 0 Å². The zero-order chi connectivity index (χ0) is 11.0. The van der Waals surface area contributed by atoms with Gasteiger partial charge in [0, 0.05) is 10.7 Å². The number of hydrogen-bond acceptors (Lipinski definition) is 3. The Labute approximate surface area is 93.1 Å². The van der Waals surface area contributed by atoms with E-state index in [1.165, 1.54) is 0 Å². The molecule has 2 N–H and O–H groups in total. The third-order valence-corrected chi connectivity index (χ3v) is 2.52. The van der Waals surface area contributed by atoms with E-state index in [-0.39, 0.29) is 12.3 Å². The number of fused-ring (bicyclic) bond motifs is 1. The number of carboxylic acid groups (broad SMARTS) is 1. The van der Waals surface area contributed by atoms with Crippen LogP contribution in [0, 0.1) is 0 Å². The Morgan fingerprint density at radius 2 is 2.33 bits per heavy atom. The molecule has 0 saturated heterocycles. The van der Waals surface area contributed by atoms with E-state index in [9.17, 15) is 4.79 Å². The summed E-state index contributed by atoms with van der Waals surface area (Å²) in [5.74, 6) is -0.791. The van der Waals surface area contributed by atoms with E-state index in [1.54, 1.807) is 22.7 Å². The van der Waals surface area contributed by atoms with Gasteiger partial charge in [-0.1, -0.05) is 15.9 Å². The third-order valence-electron chi connectivity index (χ3n) is 2.02. The summed E-state index contributed by atoms with van der Waals surface area (Å²) in [5.41, 5.74) is 0.404. The van der Waals surface area contributed by atoms with Gasteiger partial charge in [-0.2, -0.15) is 0 Å². The smallest absolute Gasteiger partial charge is 0.356 e. The highest BCUT2D eigenvalue weighted by Gasteiger charge is 2.15. The molecule has 0 amide bonds. The number of aromatic carboxylic acids is 1. The van der Waals surface area contributed by atoms with Gasteiger partial charge < -0.3 is 14.6 Å². The van der Waals surface area contributed by atoms with Crippen molar-refractivity contribution < 1.29 is 15.0 Å². The number of aromatic nitrogens is 2. The van der Waals surface area contributed by atoms with Crippen LogP contribution in [-0.4, -0.2) is 25.6 Å². The maximum Gasteiger partial charge on any atom is 0.356 e. The molecule has 2 heterocycles. The van der Waals surface area contributed by atoms with E-state index in [0.717, 1.165) is 4.47 Å². The fourth-order valence-corrected chi connectivity index (χ4v) is 1.73. The van der Waals surface area contributed by atoms with Crippen molar-refractivity contribution in [3.05, 3.63) is 34.3 Å². The minimum absolute atomic E-state index is 0.0552. The van der Waals surface area contributed by atoms with E-state index >= 15 is 0 Å². The molecule has 6 heteroatoms. The second kappa shape index (κ2) is 3.63. The fraction of sp³-hybridized carbons (Fsp3) is 0.111. The van der Waals surface area contributed by atoms with Gasteiger partial charge in [0.05, 0.1) is 5.52 Å². The third kappa shape index (κ3) is 1.62. The molecule has 5 nitrogen and oxygen atoms in total. The summed E-state index contributed by atoms with van der Waals surface area (Å²) < 4.78 is 2.32. The number of carboxylic acids is 1. The molecule has 2 aromatic heterocycles. The van der Waals surface area contributed by atoms with Crippen LogP contribution in [0.15, 0.2) is 22.8 Å². The first kappa shape index (κ1) is 10.1. The molecule has 0 radical (unpaired) electrons. The van der Waals surface area contributed by atoms with E-state index in [0.29, 0.717) is 11.3 Å². The predicted octanol–water partition coefficient (Wildman–Crippen LogP) is 1.29. The van der Waals surface area contributed by atoms with E-state index in [4.69, 9.17) is 10.2 Å².